The Labute approximate surface area is 174 Å². The van der Waals surface area contributed by atoms with Crippen LogP contribution in [0.4, 0.5) is 0 Å². The van der Waals surface area contributed by atoms with Gasteiger partial charge in [0.05, 0.1) is 24.0 Å². The van der Waals surface area contributed by atoms with Gasteiger partial charge >= 0.3 is 0 Å². The molecule has 0 bridgehead atoms. The predicted octanol–water partition coefficient (Wildman–Crippen LogP) is 4.29. The van der Waals surface area contributed by atoms with Gasteiger partial charge in [-0.05, 0) is 50.7 Å². The average Bonchev–Trinajstić information content (AvgIpc) is 3.14. The minimum Gasteiger partial charge on any atom is -0.378 e. The number of hydrogen-bond donors (Lipinski definition) is 1. The quantitative estimate of drug-likeness (QED) is 0.603. The fraction of sp³-hybridized carbons (Fsp3) is 0.652. The number of nitrogens with zero attached hydrogens (tertiary/aromatic N) is 2. The number of ether oxygens (including phenoxy) is 2. The third kappa shape index (κ3) is 5.58. The molecule has 1 saturated carbocycles. The second-order valence-corrected chi connectivity index (χ2v) is 8.02. The summed E-state index contributed by atoms with van der Waals surface area (Å²) in [6.45, 7) is 5.66. The van der Waals surface area contributed by atoms with Gasteiger partial charge in [-0.2, -0.15) is 0 Å². The van der Waals surface area contributed by atoms with Crippen molar-refractivity contribution in [3.05, 3.63) is 35.3 Å². The van der Waals surface area contributed by atoms with E-state index in [0.717, 1.165) is 75.0 Å². The lowest BCUT2D eigenvalue weighted by Crippen LogP contribution is -2.39. The number of carbonyl (C=O) groups is 1. The lowest BCUT2D eigenvalue weighted by atomic mass is 9.92. The van der Waals surface area contributed by atoms with Crippen molar-refractivity contribution < 1.29 is 14.3 Å². The van der Waals surface area contributed by atoms with Crippen LogP contribution in [-0.2, 0) is 22.5 Å². The first-order chi connectivity index (χ1) is 14.2. The van der Waals surface area contributed by atoms with Gasteiger partial charge in [-0.15, -0.1) is 0 Å². The third-order valence-electron chi connectivity index (χ3n) is 5.66. The lowest BCUT2D eigenvalue weighted by molar-refractivity contribution is 0.0209. The molecule has 0 atom stereocenters. The number of carbonyl (C=O) groups excluding carboxylic acids is 1. The second kappa shape index (κ2) is 10.7. The van der Waals surface area contributed by atoms with E-state index in [-0.39, 0.29) is 11.9 Å². The Balaban J connectivity index is 1.66. The van der Waals surface area contributed by atoms with E-state index in [1.807, 2.05) is 16.7 Å². The number of unbranched alkanes of at least 4 members (excludes halogenated alkanes) is 1. The van der Waals surface area contributed by atoms with Gasteiger partial charge in [0, 0.05) is 31.6 Å². The molecular weight excluding hydrogens is 366 g/mol. The number of amides is 1. The Morgan fingerprint density at radius 2 is 2.03 bits per heavy atom. The van der Waals surface area contributed by atoms with Crippen LogP contribution in [0.2, 0.25) is 0 Å². The molecule has 29 heavy (non-hydrogen) atoms. The van der Waals surface area contributed by atoms with Crippen LogP contribution in [-0.4, -0.2) is 41.2 Å². The standard InChI is InChI=1S/C23H35N3O3/c1-4-6-14-29-20-10-8-17(9-11-20)25-23(27)21-12-13-26-19(16-28-3)15-18(7-5-2)24-22(21)26/h12-13,15,17,20H,4-11,14,16H2,1-3H3,(H,25,27)/t17-,20-. The number of methoxy groups -OCH3 is 1. The summed E-state index contributed by atoms with van der Waals surface area (Å²) in [6.07, 6.45) is 10.4. The van der Waals surface area contributed by atoms with Gasteiger partial charge in [0.25, 0.3) is 5.91 Å². The van der Waals surface area contributed by atoms with Crippen LogP contribution in [0, 0.1) is 0 Å². The number of aromatic nitrogens is 2. The van der Waals surface area contributed by atoms with Crippen LogP contribution in [0.3, 0.4) is 0 Å². The van der Waals surface area contributed by atoms with E-state index in [9.17, 15) is 4.79 Å². The zero-order valence-corrected chi connectivity index (χ0v) is 18.1. The maximum atomic E-state index is 13.0. The van der Waals surface area contributed by atoms with E-state index in [1.54, 1.807) is 7.11 Å². The minimum atomic E-state index is -0.0348. The Bertz CT molecular complexity index is 794. The maximum absolute atomic E-state index is 13.0. The number of hydrogen-bond acceptors (Lipinski definition) is 4. The molecule has 6 heteroatoms. The molecule has 2 aromatic heterocycles. The predicted molar refractivity (Wildman–Crippen MR) is 114 cm³/mol. The molecule has 0 aliphatic heterocycles. The first-order valence-corrected chi connectivity index (χ1v) is 11.1. The van der Waals surface area contributed by atoms with Crippen molar-refractivity contribution in [3.8, 4) is 0 Å². The highest BCUT2D eigenvalue weighted by Gasteiger charge is 2.24. The van der Waals surface area contributed by atoms with Crippen molar-refractivity contribution in [1.29, 1.82) is 0 Å². The number of aryl methyl sites for hydroxylation is 1. The van der Waals surface area contributed by atoms with Crippen LogP contribution >= 0.6 is 0 Å². The molecule has 6 nitrogen and oxygen atoms in total. The minimum absolute atomic E-state index is 0.0348. The van der Waals surface area contributed by atoms with Gasteiger partial charge in [-0.3, -0.25) is 4.79 Å². The van der Waals surface area contributed by atoms with E-state index in [1.165, 1.54) is 0 Å². The molecular formula is C23H35N3O3. The summed E-state index contributed by atoms with van der Waals surface area (Å²) in [5, 5.41) is 3.23. The molecule has 3 rings (SSSR count). The molecule has 2 aromatic rings. The summed E-state index contributed by atoms with van der Waals surface area (Å²) in [6, 6.07) is 4.15. The summed E-state index contributed by atoms with van der Waals surface area (Å²) in [5.41, 5.74) is 3.38. The van der Waals surface area contributed by atoms with Gasteiger partial charge in [-0.25, -0.2) is 4.98 Å². The van der Waals surface area contributed by atoms with E-state index >= 15 is 0 Å². The Morgan fingerprint density at radius 3 is 2.72 bits per heavy atom. The number of fused-ring (bicyclic) bond motifs is 1. The fourth-order valence-electron chi connectivity index (χ4n) is 4.05. The molecule has 1 aliphatic carbocycles. The molecule has 0 saturated heterocycles. The first-order valence-electron chi connectivity index (χ1n) is 11.1. The van der Waals surface area contributed by atoms with Crippen molar-refractivity contribution in [2.24, 2.45) is 0 Å². The summed E-state index contributed by atoms with van der Waals surface area (Å²) < 4.78 is 13.3. The molecule has 160 valence electrons. The second-order valence-electron chi connectivity index (χ2n) is 8.02. The lowest BCUT2D eigenvalue weighted by Gasteiger charge is -2.29. The molecule has 2 heterocycles. The molecule has 0 aromatic carbocycles. The van der Waals surface area contributed by atoms with E-state index < -0.39 is 0 Å². The summed E-state index contributed by atoms with van der Waals surface area (Å²) in [5.74, 6) is -0.0348. The highest BCUT2D eigenvalue weighted by atomic mass is 16.5. The summed E-state index contributed by atoms with van der Waals surface area (Å²) in [4.78, 5) is 17.8. The molecule has 1 aliphatic rings. The zero-order chi connectivity index (χ0) is 20.6. The molecule has 0 unspecified atom stereocenters. The summed E-state index contributed by atoms with van der Waals surface area (Å²) >= 11 is 0. The fourth-order valence-corrected chi connectivity index (χ4v) is 4.05. The van der Waals surface area contributed by atoms with Crippen LogP contribution in [0.15, 0.2) is 18.3 Å². The zero-order valence-electron chi connectivity index (χ0n) is 18.1. The Kier molecular flexibility index (Phi) is 8.07. The van der Waals surface area contributed by atoms with Crippen molar-refractivity contribution in [2.45, 2.75) is 84.0 Å². The van der Waals surface area contributed by atoms with E-state index in [4.69, 9.17) is 14.5 Å². The van der Waals surface area contributed by atoms with Gasteiger partial charge in [0.15, 0.2) is 0 Å². The van der Waals surface area contributed by atoms with Crippen molar-refractivity contribution in [1.82, 2.24) is 14.7 Å². The molecule has 0 spiro atoms. The van der Waals surface area contributed by atoms with E-state index in [0.29, 0.717) is 18.3 Å². The Hall–Kier alpha value is -1.92. The van der Waals surface area contributed by atoms with Crippen molar-refractivity contribution >= 4 is 11.6 Å². The molecule has 1 fully saturated rings. The van der Waals surface area contributed by atoms with Crippen LogP contribution in [0.5, 0.6) is 0 Å². The van der Waals surface area contributed by atoms with Crippen LogP contribution < -0.4 is 5.32 Å². The van der Waals surface area contributed by atoms with Gasteiger partial charge in [0.1, 0.15) is 5.65 Å². The van der Waals surface area contributed by atoms with Gasteiger partial charge in [0.2, 0.25) is 0 Å². The topological polar surface area (TPSA) is 64.9 Å². The van der Waals surface area contributed by atoms with Crippen molar-refractivity contribution in [2.75, 3.05) is 13.7 Å². The van der Waals surface area contributed by atoms with Gasteiger partial charge < -0.3 is 19.2 Å². The smallest absolute Gasteiger partial charge is 0.255 e. The van der Waals surface area contributed by atoms with Crippen molar-refractivity contribution in [3.63, 3.8) is 0 Å². The van der Waals surface area contributed by atoms with Crippen LogP contribution in [0.1, 0.15) is 80.5 Å². The highest BCUT2D eigenvalue weighted by Crippen LogP contribution is 2.23. The molecule has 0 radical (unpaired) electrons. The summed E-state index contributed by atoms with van der Waals surface area (Å²) in [7, 11) is 1.69. The third-order valence-corrected chi connectivity index (χ3v) is 5.66. The maximum Gasteiger partial charge on any atom is 0.255 e. The van der Waals surface area contributed by atoms with Gasteiger partial charge in [-0.1, -0.05) is 26.7 Å². The van der Waals surface area contributed by atoms with E-state index in [2.05, 4.69) is 25.2 Å². The monoisotopic (exact) mass is 401 g/mol. The normalized spacial score (nSPS) is 19.6. The molecule has 1 amide bonds. The SMILES string of the molecule is CCCCO[C@H]1CC[C@H](NC(=O)c2ccn3c(COC)cc(CCC)nc23)CC1. The molecule has 1 N–H and O–H groups in total. The largest absolute Gasteiger partial charge is 0.378 e. The van der Waals surface area contributed by atoms with Crippen LogP contribution in [0.25, 0.3) is 5.65 Å². The highest BCUT2D eigenvalue weighted by molar-refractivity contribution is 6.00. The number of nitrogens with one attached hydrogen (secondary N) is 1. The Morgan fingerprint density at radius 1 is 1.24 bits per heavy atom. The number of rotatable bonds is 10. The first kappa shape index (κ1) is 21.8. The average molecular weight is 402 g/mol.